The summed E-state index contributed by atoms with van der Waals surface area (Å²) in [5, 5.41) is 0. The Morgan fingerprint density at radius 1 is 1.39 bits per heavy atom. The molecule has 1 aromatic rings. The number of hydrogen-bond donors (Lipinski definition) is 1. The SMILES string of the molecule is CN(C(CN)C1CC1)S(=O)(=O)c1ccc(Br)cc1. The summed E-state index contributed by atoms with van der Waals surface area (Å²) < 4.78 is 27.1. The molecule has 1 aromatic carbocycles. The Morgan fingerprint density at radius 3 is 2.39 bits per heavy atom. The molecule has 100 valence electrons. The normalized spacial score (nSPS) is 18.0. The molecule has 0 heterocycles. The molecule has 1 atom stereocenters. The number of likely N-dealkylation sites (N-methyl/N-ethyl adjacent to an activating group) is 1. The van der Waals surface area contributed by atoms with Gasteiger partial charge in [-0.25, -0.2) is 8.42 Å². The number of nitrogens with zero attached hydrogens (tertiary/aromatic N) is 1. The lowest BCUT2D eigenvalue weighted by Gasteiger charge is -2.26. The van der Waals surface area contributed by atoms with Crippen LogP contribution in [0, 0.1) is 5.92 Å². The van der Waals surface area contributed by atoms with Crippen LogP contribution < -0.4 is 5.73 Å². The molecule has 1 aliphatic carbocycles. The highest BCUT2D eigenvalue weighted by Gasteiger charge is 2.37. The second kappa shape index (κ2) is 5.28. The Hall–Kier alpha value is -0.430. The Balaban J connectivity index is 2.26. The van der Waals surface area contributed by atoms with Gasteiger partial charge in [0.05, 0.1) is 4.90 Å². The standard InChI is InChI=1S/C12H17BrN2O2S/c1-15(12(8-14)9-2-3-9)18(16,17)11-6-4-10(13)5-7-11/h4-7,9,12H,2-3,8,14H2,1H3. The van der Waals surface area contributed by atoms with Gasteiger partial charge >= 0.3 is 0 Å². The molecule has 2 N–H and O–H groups in total. The van der Waals surface area contributed by atoms with Gasteiger partial charge in [-0.2, -0.15) is 4.31 Å². The number of benzene rings is 1. The van der Waals surface area contributed by atoms with Crippen molar-refractivity contribution in [1.29, 1.82) is 0 Å². The lowest BCUT2D eigenvalue weighted by Crippen LogP contribution is -2.43. The van der Waals surface area contributed by atoms with Crippen LogP contribution in [0.25, 0.3) is 0 Å². The first-order valence-electron chi connectivity index (χ1n) is 5.90. The fourth-order valence-corrected chi connectivity index (χ4v) is 3.76. The first-order valence-corrected chi connectivity index (χ1v) is 8.14. The molecular formula is C12H17BrN2O2S. The van der Waals surface area contributed by atoms with Gasteiger partial charge in [0.25, 0.3) is 0 Å². The van der Waals surface area contributed by atoms with Crippen LogP contribution >= 0.6 is 15.9 Å². The number of hydrogen-bond acceptors (Lipinski definition) is 3. The Labute approximate surface area is 116 Å². The number of rotatable bonds is 5. The number of halogens is 1. The van der Waals surface area contributed by atoms with E-state index in [0.29, 0.717) is 17.4 Å². The first-order chi connectivity index (χ1) is 8.46. The maximum atomic E-state index is 12.4. The van der Waals surface area contributed by atoms with Crippen molar-refractivity contribution in [2.45, 2.75) is 23.8 Å². The zero-order valence-corrected chi connectivity index (χ0v) is 12.6. The Bertz CT molecular complexity index is 511. The smallest absolute Gasteiger partial charge is 0.243 e. The zero-order valence-electron chi connectivity index (χ0n) is 10.2. The van der Waals surface area contributed by atoms with Crippen molar-refractivity contribution in [3.05, 3.63) is 28.7 Å². The van der Waals surface area contributed by atoms with E-state index in [2.05, 4.69) is 15.9 Å². The maximum absolute atomic E-state index is 12.4. The highest BCUT2D eigenvalue weighted by molar-refractivity contribution is 9.10. The van der Waals surface area contributed by atoms with Crippen LogP contribution in [0.1, 0.15) is 12.8 Å². The van der Waals surface area contributed by atoms with Crippen LogP contribution in [0.15, 0.2) is 33.6 Å². The zero-order chi connectivity index (χ0) is 13.3. The van der Waals surface area contributed by atoms with Crippen molar-refractivity contribution in [3.8, 4) is 0 Å². The molecule has 0 saturated heterocycles. The van der Waals surface area contributed by atoms with Crippen LogP contribution in [0.3, 0.4) is 0 Å². The molecule has 0 radical (unpaired) electrons. The predicted octanol–water partition coefficient (Wildman–Crippen LogP) is 1.81. The number of nitrogens with two attached hydrogens (primary N) is 1. The van der Waals surface area contributed by atoms with Crippen molar-refractivity contribution in [2.24, 2.45) is 11.7 Å². The van der Waals surface area contributed by atoms with E-state index in [-0.39, 0.29) is 6.04 Å². The third kappa shape index (κ3) is 2.77. The van der Waals surface area contributed by atoms with E-state index in [4.69, 9.17) is 5.73 Å². The van der Waals surface area contributed by atoms with Gasteiger partial charge in [0.1, 0.15) is 0 Å². The van der Waals surface area contributed by atoms with Crippen molar-refractivity contribution in [2.75, 3.05) is 13.6 Å². The monoisotopic (exact) mass is 332 g/mol. The van der Waals surface area contributed by atoms with Crippen LogP contribution in [0.4, 0.5) is 0 Å². The van der Waals surface area contributed by atoms with Crippen LogP contribution in [0.2, 0.25) is 0 Å². The maximum Gasteiger partial charge on any atom is 0.243 e. The van der Waals surface area contributed by atoms with E-state index in [1.54, 1.807) is 31.3 Å². The summed E-state index contributed by atoms with van der Waals surface area (Å²) in [4.78, 5) is 0.312. The summed E-state index contributed by atoms with van der Waals surface area (Å²) in [6.45, 7) is 0.372. The minimum absolute atomic E-state index is 0.0846. The molecule has 2 rings (SSSR count). The van der Waals surface area contributed by atoms with Gasteiger partial charge < -0.3 is 5.73 Å². The van der Waals surface area contributed by atoms with Gasteiger partial charge in [-0.3, -0.25) is 0 Å². The highest BCUT2D eigenvalue weighted by atomic mass is 79.9. The van der Waals surface area contributed by atoms with Gasteiger partial charge in [0.15, 0.2) is 0 Å². The first kappa shape index (κ1) is 14.0. The summed E-state index contributed by atoms with van der Waals surface area (Å²) in [7, 11) is -1.82. The topological polar surface area (TPSA) is 63.4 Å². The molecule has 0 amide bonds. The minimum atomic E-state index is -3.44. The van der Waals surface area contributed by atoms with E-state index in [1.165, 1.54) is 4.31 Å². The molecule has 0 aliphatic heterocycles. The van der Waals surface area contributed by atoms with Crippen molar-refractivity contribution in [1.82, 2.24) is 4.31 Å². The lowest BCUT2D eigenvalue weighted by atomic mass is 10.2. The molecule has 0 bridgehead atoms. The molecule has 6 heteroatoms. The third-order valence-electron chi connectivity index (χ3n) is 3.37. The number of sulfonamides is 1. The average Bonchev–Trinajstić information content (AvgIpc) is 3.15. The van der Waals surface area contributed by atoms with E-state index < -0.39 is 10.0 Å². The van der Waals surface area contributed by atoms with Crippen LogP contribution in [-0.4, -0.2) is 32.4 Å². The second-order valence-corrected chi connectivity index (χ2v) is 7.53. The van der Waals surface area contributed by atoms with Crippen LogP contribution in [0.5, 0.6) is 0 Å². The van der Waals surface area contributed by atoms with E-state index in [0.717, 1.165) is 17.3 Å². The molecule has 1 saturated carbocycles. The van der Waals surface area contributed by atoms with Gasteiger partial charge in [0, 0.05) is 24.1 Å². The fourth-order valence-electron chi connectivity index (χ4n) is 2.07. The molecule has 4 nitrogen and oxygen atoms in total. The summed E-state index contributed by atoms with van der Waals surface area (Å²) in [6, 6.07) is 6.59. The summed E-state index contributed by atoms with van der Waals surface area (Å²) in [5.41, 5.74) is 5.70. The molecule has 1 aliphatic rings. The molecule has 0 spiro atoms. The Morgan fingerprint density at radius 2 is 1.94 bits per heavy atom. The molecule has 18 heavy (non-hydrogen) atoms. The lowest BCUT2D eigenvalue weighted by molar-refractivity contribution is 0.340. The largest absolute Gasteiger partial charge is 0.329 e. The second-order valence-electron chi connectivity index (χ2n) is 4.62. The Kier molecular flexibility index (Phi) is 4.11. The molecule has 0 aromatic heterocycles. The summed E-state index contributed by atoms with van der Waals surface area (Å²) >= 11 is 3.30. The average molecular weight is 333 g/mol. The third-order valence-corrected chi connectivity index (χ3v) is 5.79. The molecular weight excluding hydrogens is 316 g/mol. The highest BCUT2D eigenvalue weighted by Crippen LogP contribution is 2.36. The van der Waals surface area contributed by atoms with Crippen molar-refractivity contribution in [3.63, 3.8) is 0 Å². The van der Waals surface area contributed by atoms with E-state index in [1.807, 2.05) is 0 Å². The van der Waals surface area contributed by atoms with Crippen molar-refractivity contribution < 1.29 is 8.42 Å². The minimum Gasteiger partial charge on any atom is -0.329 e. The van der Waals surface area contributed by atoms with Gasteiger partial charge in [-0.05, 0) is 43.0 Å². The predicted molar refractivity (Wildman–Crippen MR) is 74.7 cm³/mol. The quantitative estimate of drug-likeness (QED) is 0.894. The summed E-state index contributed by atoms with van der Waals surface area (Å²) in [5.74, 6) is 0.422. The van der Waals surface area contributed by atoms with Gasteiger partial charge in [-0.1, -0.05) is 15.9 Å². The fraction of sp³-hybridized carbons (Fsp3) is 0.500. The molecule has 1 unspecified atom stereocenters. The van der Waals surface area contributed by atoms with Gasteiger partial charge in [-0.15, -0.1) is 0 Å². The molecule has 1 fully saturated rings. The van der Waals surface area contributed by atoms with Gasteiger partial charge in [0.2, 0.25) is 10.0 Å². The van der Waals surface area contributed by atoms with E-state index >= 15 is 0 Å². The summed E-state index contributed by atoms with van der Waals surface area (Å²) in [6.07, 6.45) is 2.14. The van der Waals surface area contributed by atoms with Crippen molar-refractivity contribution >= 4 is 26.0 Å². The van der Waals surface area contributed by atoms with E-state index in [9.17, 15) is 8.42 Å². The van der Waals surface area contributed by atoms with Crippen LogP contribution in [-0.2, 0) is 10.0 Å².